The zero-order valence-electron chi connectivity index (χ0n) is 8.25. The van der Waals surface area contributed by atoms with Crippen LogP contribution in [0.1, 0.15) is 36.7 Å². The van der Waals surface area contributed by atoms with E-state index in [1.165, 1.54) is 17.0 Å². The largest absolute Gasteiger partial charge is 0.327 e. The van der Waals surface area contributed by atoms with Gasteiger partial charge >= 0.3 is 0 Å². The zero-order chi connectivity index (χ0) is 9.42. The van der Waals surface area contributed by atoms with Gasteiger partial charge in [0.05, 0.1) is 0 Å². The summed E-state index contributed by atoms with van der Waals surface area (Å²) in [7, 11) is 0. The minimum atomic E-state index is 0.296. The van der Waals surface area contributed by atoms with Crippen molar-refractivity contribution in [3.8, 4) is 0 Å². The summed E-state index contributed by atoms with van der Waals surface area (Å²) in [4.78, 5) is 4.62. The number of nitrogens with two attached hydrogens (primary N) is 1. The molecule has 1 aromatic rings. The molecular formula is C11H16N2. The van der Waals surface area contributed by atoms with E-state index in [2.05, 4.69) is 31.0 Å². The summed E-state index contributed by atoms with van der Waals surface area (Å²) in [6.45, 7) is 4.34. The van der Waals surface area contributed by atoms with Crippen LogP contribution >= 0.6 is 0 Å². The van der Waals surface area contributed by atoms with Crippen molar-refractivity contribution in [2.75, 3.05) is 0 Å². The van der Waals surface area contributed by atoms with E-state index in [-0.39, 0.29) is 0 Å². The highest BCUT2D eigenvalue weighted by Gasteiger charge is 2.19. The number of fused-ring (bicyclic) bond motifs is 1. The van der Waals surface area contributed by atoms with E-state index in [0.29, 0.717) is 12.0 Å². The summed E-state index contributed by atoms with van der Waals surface area (Å²) in [6.07, 6.45) is 1.95. The quantitative estimate of drug-likeness (QED) is 0.706. The average Bonchev–Trinajstić information content (AvgIpc) is 2.42. The van der Waals surface area contributed by atoms with Crippen molar-refractivity contribution < 1.29 is 0 Å². The number of rotatable bonds is 1. The fraction of sp³-hybridized carbons (Fsp3) is 0.545. The lowest BCUT2D eigenvalue weighted by molar-refractivity contribution is 0.713. The predicted octanol–water partition coefficient (Wildman–Crippen LogP) is 1.63. The van der Waals surface area contributed by atoms with E-state index in [1.807, 2.05) is 0 Å². The monoisotopic (exact) mass is 176 g/mol. The van der Waals surface area contributed by atoms with Crippen molar-refractivity contribution in [3.63, 3.8) is 0 Å². The summed E-state index contributed by atoms with van der Waals surface area (Å²) in [5.74, 6) is 0.516. The van der Waals surface area contributed by atoms with Gasteiger partial charge in [-0.25, -0.2) is 0 Å². The first-order valence-corrected chi connectivity index (χ1v) is 4.91. The summed E-state index contributed by atoms with van der Waals surface area (Å²) in [5, 5.41) is 0. The molecule has 0 spiro atoms. The van der Waals surface area contributed by atoms with Crippen LogP contribution in [0.5, 0.6) is 0 Å². The van der Waals surface area contributed by atoms with Gasteiger partial charge in [0.25, 0.3) is 0 Å². The van der Waals surface area contributed by atoms with Crippen LogP contribution in [0.4, 0.5) is 0 Å². The molecule has 1 aliphatic carbocycles. The van der Waals surface area contributed by atoms with Crippen LogP contribution in [-0.4, -0.2) is 11.0 Å². The average molecular weight is 176 g/mol. The van der Waals surface area contributed by atoms with E-state index in [4.69, 9.17) is 5.73 Å². The standard InChI is InChI=1S/C11H16N2/c1-7(2)10-4-3-8-5-9(12)6-11(8)13-10/h3-4,7,9H,5-6,12H2,1-2H3. The Morgan fingerprint density at radius 3 is 2.85 bits per heavy atom. The Hall–Kier alpha value is -0.890. The molecule has 0 radical (unpaired) electrons. The van der Waals surface area contributed by atoms with E-state index in [9.17, 15) is 0 Å². The van der Waals surface area contributed by atoms with Crippen LogP contribution < -0.4 is 5.73 Å². The maximum atomic E-state index is 5.87. The highest BCUT2D eigenvalue weighted by molar-refractivity contribution is 5.30. The molecule has 1 unspecified atom stereocenters. The van der Waals surface area contributed by atoms with Crippen molar-refractivity contribution >= 4 is 0 Å². The molecule has 1 heterocycles. The normalized spacial score (nSPS) is 20.8. The molecule has 1 aromatic heterocycles. The van der Waals surface area contributed by atoms with Gasteiger partial charge in [-0.2, -0.15) is 0 Å². The third-order valence-corrected chi connectivity index (χ3v) is 2.62. The Morgan fingerprint density at radius 1 is 1.38 bits per heavy atom. The van der Waals surface area contributed by atoms with Crippen LogP contribution in [0.3, 0.4) is 0 Å². The van der Waals surface area contributed by atoms with Crippen molar-refractivity contribution in [3.05, 3.63) is 29.1 Å². The van der Waals surface area contributed by atoms with Gasteiger partial charge in [-0.15, -0.1) is 0 Å². The van der Waals surface area contributed by atoms with E-state index < -0.39 is 0 Å². The second-order valence-electron chi connectivity index (χ2n) is 4.16. The molecule has 0 saturated carbocycles. The van der Waals surface area contributed by atoms with Crippen LogP contribution in [-0.2, 0) is 12.8 Å². The lowest BCUT2D eigenvalue weighted by Crippen LogP contribution is -2.19. The number of hydrogen-bond donors (Lipinski definition) is 1. The van der Waals surface area contributed by atoms with Gasteiger partial charge in [-0.3, -0.25) is 4.98 Å². The fourth-order valence-corrected chi connectivity index (χ4v) is 1.83. The first kappa shape index (κ1) is 8.70. The summed E-state index contributed by atoms with van der Waals surface area (Å²) in [6, 6.07) is 4.61. The Morgan fingerprint density at radius 2 is 2.15 bits per heavy atom. The van der Waals surface area contributed by atoms with E-state index in [0.717, 1.165) is 12.8 Å². The molecule has 13 heavy (non-hydrogen) atoms. The molecule has 2 heteroatoms. The van der Waals surface area contributed by atoms with Crippen molar-refractivity contribution in [2.24, 2.45) is 5.73 Å². The minimum absolute atomic E-state index is 0.296. The first-order valence-electron chi connectivity index (χ1n) is 4.91. The summed E-state index contributed by atoms with van der Waals surface area (Å²) in [5.41, 5.74) is 9.62. The third kappa shape index (κ3) is 1.59. The van der Waals surface area contributed by atoms with E-state index in [1.54, 1.807) is 0 Å². The molecule has 1 aliphatic rings. The Bertz CT molecular complexity index is 318. The molecule has 0 amide bonds. The highest BCUT2D eigenvalue weighted by atomic mass is 14.8. The van der Waals surface area contributed by atoms with Crippen LogP contribution in [0.15, 0.2) is 12.1 Å². The van der Waals surface area contributed by atoms with Crippen LogP contribution in [0.25, 0.3) is 0 Å². The Labute approximate surface area is 79.2 Å². The lowest BCUT2D eigenvalue weighted by Gasteiger charge is -2.06. The topological polar surface area (TPSA) is 38.9 Å². The SMILES string of the molecule is CC(C)c1ccc2c(n1)CC(N)C2. The Kier molecular flexibility index (Phi) is 2.08. The van der Waals surface area contributed by atoms with Gasteiger partial charge in [0.2, 0.25) is 0 Å². The second-order valence-corrected chi connectivity index (χ2v) is 4.16. The molecule has 0 aliphatic heterocycles. The Balaban J connectivity index is 2.35. The fourth-order valence-electron chi connectivity index (χ4n) is 1.83. The van der Waals surface area contributed by atoms with Gasteiger partial charge in [0.1, 0.15) is 0 Å². The van der Waals surface area contributed by atoms with Crippen LogP contribution in [0, 0.1) is 0 Å². The summed E-state index contributed by atoms with van der Waals surface area (Å²) < 4.78 is 0. The lowest BCUT2D eigenvalue weighted by atomic mass is 10.1. The second kappa shape index (κ2) is 3.11. The van der Waals surface area contributed by atoms with Crippen molar-refractivity contribution in [1.82, 2.24) is 4.98 Å². The number of aromatic nitrogens is 1. The molecule has 2 nitrogen and oxygen atoms in total. The molecule has 70 valence electrons. The summed E-state index contributed by atoms with van der Waals surface area (Å²) >= 11 is 0. The highest BCUT2D eigenvalue weighted by Crippen LogP contribution is 2.22. The van der Waals surface area contributed by atoms with Gasteiger partial charge < -0.3 is 5.73 Å². The molecule has 2 N–H and O–H groups in total. The molecule has 0 fully saturated rings. The maximum absolute atomic E-state index is 5.87. The van der Waals surface area contributed by atoms with Crippen molar-refractivity contribution in [1.29, 1.82) is 0 Å². The zero-order valence-corrected chi connectivity index (χ0v) is 8.25. The third-order valence-electron chi connectivity index (χ3n) is 2.62. The van der Waals surface area contributed by atoms with Gasteiger partial charge in [0, 0.05) is 23.9 Å². The van der Waals surface area contributed by atoms with Crippen LogP contribution in [0.2, 0.25) is 0 Å². The van der Waals surface area contributed by atoms with Gasteiger partial charge in [-0.05, 0) is 24.0 Å². The molecule has 1 atom stereocenters. The van der Waals surface area contributed by atoms with Gasteiger partial charge in [0.15, 0.2) is 0 Å². The number of pyridine rings is 1. The van der Waals surface area contributed by atoms with Crippen molar-refractivity contribution in [2.45, 2.75) is 38.6 Å². The number of nitrogens with zero attached hydrogens (tertiary/aromatic N) is 1. The minimum Gasteiger partial charge on any atom is -0.327 e. The smallest absolute Gasteiger partial charge is 0.0455 e. The maximum Gasteiger partial charge on any atom is 0.0455 e. The molecule has 0 saturated heterocycles. The molecule has 0 aromatic carbocycles. The van der Waals surface area contributed by atoms with E-state index >= 15 is 0 Å². The molecular weight excluding hydrogens is 160 g/mol. The number of hydrogen-bond acceptors (Lipinski definition) is 2. The first-order chi connectivity index (χ1) is 6.16. The van der Waals surface area contributed by atoms with Gasteiger partial charge in [-0.1, -0.05) is 19.9 Å². The molecule has 2 rings (SSSR count). The molecule has 0 bridgehead atoms. The predicted molar refractivity (Wildman–Crippen MR) is 53.7 cm³/mol.